The third-order valence-corrected chi connectivity index (χ3v) is 3.15. The highest BCUT2D eigenvalue weighted by Crippen LogP contribution is 2.27. The van der Waals surface area contributed by atoms with Crippen LogP contribution in [0.2, 0.25) is 0 Å². The molecule has 0 saturated carbocycles. The molecule has 1 aromatic carbocycles. The molecule has 0 spiro atoms. The molecular formula is C14H19N3O. The van der Waals surface area contributed by atoms with Gasteiger partial charge in [-0.1, -0.05) is 13.8 Å². The first-order valence-electron chi connectivity index (χ1n) is 6.14. The molecule has 1 heterocycles. The van der Waals surface area contributed by atoms with E-state index in [0.29, 0.717) is 11.6 Å². The molecule has 0 aliphatic rings. The maximum Gasteiger partial charge on any atom is 0.0953 e. The Morgan fingerprint density at radius 2 is 2.11 bits per heavy atom. The quantitative estimate of drug-likeness (QED) is 0.722. The lowest BCUT2D eigenvalue weighted by Gasteiger charge is -2.22. The molecule has 0 bridgehead atoms. The monoisotopic (exact) mass is 245 g/mol. The van der Waals surface area contributed by atoms with Crippen molar-refractivity contribution < 1.29 is 5.11 Å². The Bertz CT molecular complexity index is 540. The van der Waals surface area contributed by atoms with Gasteiger partial charge in [-0.05, 0) is 30.2 Å². The number of aliphatic hydroxyl groups is 1. The van der Waals surface area contributed by atoms with E-state index in [1.54, 1.807) is 6.20 Å². The van der Waals surface area contributed by atoms with Gasteiger partial charge in [-0.3, -0.25) is 4.98 Å². The van der Waals surface area contributed by atoms with E-state index in [9.17, 15) is 5.11 Å². The lowest BCUT2D eigenvalue weighted by molar-refractivity contribution is 0.249. The van der Waals surface area contributed by atoms with Crippen molar-refractivity contribution in [1.29, 1.82) is 0 Å². The standard InChI is InChI=1S/C14H19N3O/c1-9(2)13(8-18)17-12-6-5-11(15)10-4-3-7-16-14(10)12/h3-7,9,13,17-18H,8,15H2,1-2H3. The molecule has 1 aromatic heterocycles. The van der Waals surface area contributed by atoms with E-state index >= 15 is 0 Å². The molecule has 0 amide bonds. The number of nitrogens with one attached hydrogen (secondary N) is 1. The second kappa shape index (κ2) is 5.23. The Morgan fingerprint density at radius 1 is 1.33 bits per heavy atom. The Kier molecular flexibility index (Phi) is 3.67. The lowest BCUT2D eigenvalue weighted by Crippen LogP contribution is -2.29. The average Bonchev–Trinajstić information content (AvgIpc) is 2.38. The van der Waals surface area contributed by atoms with Gasteiger partial charge >= 0.3 is 0 Å². The second-order valence-corrected chi connectivity index (χ2v) is 4.78. The number of nitrogens with zero attached hydrogens (tertiary/aromatic N) is 1. The van der Waals surface area contributed by atoms with E-state index in [2.05, 4.69) is 24.1 Å². The summed E-state index contributed by atoms with van der Waals surface area (Å²) in [6.07, 6.45) is 1.75. The van der Waals surface area contributed by atoms with Crippen LogP contribution in [0.15, 0.2) is 30.5 Å². The number of nitrogens with two attached hydrogens (primary N) is 1. The average molecular weight is 245 g/mol. The smallest absolute Gasteiger partial charge is 0.0953 e. The third-order valence-electron chi connectivity index (χ3n) is 3.15. The van der Waals surface area contributed by atoms with Crippen LogP contribution in [0.25, 0.3) is 10.9 Å². The van der Waals surface area contributed by atoms with Crippen LogP contribution in [0.5, 0.6) is 0 Å². The highest BCUT2D eigenvalue weighted by atomic mass is 16.3. The molecule has 0 saturated heterocycles. The van der Waals surface area contributed by atoms with E-state index in [1.807, 2.05) is 24.3 Å². The summed E-state index contributed by atoms with van der Waals surface area (Å²) in [5, 5.41) is 13.6. The summed E-state index contributed by atoms with van der Waals surface area (Å²) in [6, 6.07) is 7.61. The Balaban J connectivity index is 2.42. The molecule has 1 unspecified atom stereocenters. The summed E-state index contributed by atoms with van der Waals surface area (Å²) in [4.78, 5) is 4.36. The molecule has 2 aromatic rings. The number of benzene rings is 1. The van der Waals surface area contributed by atoms with Gasteiger partial charge in [-0.25, -0.2) is 0 Å². The largest absolute Gasteiger partial charge is 0.398 e. The number of hydrogen-bond donors (Lipinski definition) is 3. The highest BCUT2D eigenvalue weighted by Gasteiger charge is 2.14. The summed E-state index contributed by atoms with van der Waals surface area (Å²) < 4.78 is 0. The lowest BCUT2D eigenvalue weighted by atomic mass is 10.0. The van der Waals surface area contributed by atoms with Crippen molar-refractivity contribution in [2.45, 2.75) is 19.9 Å². The van der Waals surface area contributed by atoms with Crippen LogP contribution in [0.1, 0.15) is 13.8 Å². The summed E-state index contributed by atoms with van der Waals surface area (Å²) in [7, 11) is 0. The van der Waals surface area contributed by atoms with Crippen LogP contribution in [-0.2, 0) is 0 Å². The Labute approximate surface area is 107 Å². The molecule has 0 aliphatic heterocycles. The van der Waals surface area contributed by atoms with Crippen molar-refractivity contribution >= 4 is 22.3 Å². The predicted molar refractivity (Wildman–Crippen MR) is 75.5 cm³/mol. The first-order chi connectivity index (χ1) is 8.63. The zero-order valence-corrected chi connectivity index (χ0v) is 10.7. The SMILES string of the molecule is CC(C)C(CO)Nc1ccc(N)c2cccnc12. The zero-order valence-electron chi connectivity index (χ0n) is 10.7. The maximum absolute atomic E-state index is 9.38. The minimum absolute atomic E-state index is 0.0128. The summed E-state index contributed by atoms with van der Waals surface area (Å²) in [6.45, 7) is 4.23. The fourth-order valence-electron chi connectivity index (χ4n) is 1.93. The maximum atomic E-state index is 9.38. The van der Waals surface area contributed by atoms with Gasteiger partial charge in [-0.15, -0.1) is 0 Å². The zero-order chi connectivity index (χ0) is 13.1. The van der Waals surface area contributed by atoms with E-state index < -0.39 is 0 Å². The molecule has 4 heteroatoms. The van der Waals surface area contributed by atoms with Crippen LogP contribution in [0, 0.1) is 5.92 Å². The normalized spacial score (nSPS) is 12.9. The third kappa shape index (κ3) is 2.38. The topological polar surface area (TPSA) is 71.2 Å². The van der Waals surface area contributed by atoms with Gasteiger partial charge in [0.05, 0.1) is 23.9 Å². The Morgan fingerprint density at radius 3 is 2.78 bits per heavy atom. The molecule has 2 rings (SSSR count). The molecule has 0 fully saturated rings. The van der Waals surface area contributed by atoms with Gasteiger partial charge in [-0.2, -0.15) is 0 Å². The van der Waals surface area contributed by atoms with Crippen molar-refractivity contribution in [3.63, 3.8) is 0 Å². The highest BCUT2D eigenvalue weighted by molar-refractivity contribution is 5.98. The van der Waals surface area contributed by atoms with Gasteiger partial charge in [0, 0.05) is 17.3 Å². The second-order valence-electron chi connectivity index (χ2n) is 4.78. The summed E-state index contributed by atoms with van der Waals surface area (Å²) in [5.41, 5.74) is 8.40. The number of nitrogen functional groups attached to an aromatic ring is 1. The van der Waals surface area contributed by atoms with Crippen molar-refractivity contribution in [1.82, 2.24) is 4.98 Å². The van der Waals surface area contributed by atoms with Crippen molar-refractivity contribution in [3.8, 4) is 0 Å². The number of rotatable bonds is 4. The van der Waals surface area contributed by atoms with Crippen LogP contribution >= 0.6 is 0 Å². The summed E-state index contributed by atoms with van der Waals surface area (Å²) >= 11 is 0. The van der Waals surface area contributed by atoms with E-state index in [-0.39, 0.29) is 12.6 Å². The van der Waals surface area contributed by atoms with Gasteiger partial charge in [0.15, 0.2) is 0 Å². The van der Waals surface area contributed by atoms with Gasteiger partial charge in [0.1, 0.15) is 0 Å². The van der Waals surface area contributed by atoms with Gasteiger partial charge in [0.25, 0.3) is 0 Å². The first-order valence-corrected chi connectivity index (χ1v) is 6.14. The molecule has 4 nitrogen and oxygen atoms in total. The molecule has 96 valence electrons. The van der Waals surface area contributed by atoms with Crippen molar-refractivity contribution in [2.24, 2.45) is 5.92 Å². The molecule has 0 radical (unpaired) electrons. The number of hydrogen-bond acceptors (Lipinski definition) is 4. The van der Waals surface area contributed by atoms with Crippen molar-refractivity contribution in [3.05, 3.63) is 30.5 Å². The first kappa shape index (κ1) is 12.6. The molecule has 4 N–H and O–H groups in total. The minimum atomic E-state index is 0.0128. The minimum Gasteiger partial charge on any atom is -0.398 e. The molecular weight excluding hydrogens is 226 g/mol. The Hall–Kier alpha value is -1.81. The van der Waals surface area contributed by atoms with E-state index in [0.717, 1.165) is 16.6 Å². The molecule has 1 atom stereocenters. The predicted octanol–water partition coefficient (Wildman–Crippen LogP) is 2.25. The van der Waals surface area contributed by atoms with Gasteiger partial charge in [0.2, 0.25) is 0 Å². The van der Waals surface area contributed by atoms with Crippen LogP contribution < -0.4 is 11.1 Å². The van der Waals surface area contributed by atoms with E-state index in [1.165, 1.54) is 0 Å². The molecule has 18 heavy (non-hydrogen) atoms. The van der Waals surface area contributed by atoms with Crippen LogP contribution in [0.3, 0.4) is 0 Å². The number of anilines is 2. The number of fused-ring (bicyclic) bond motifs is 1. The van der Waals surface area contributed by atoms with E-state index in [4.69, 9.17) is 5.73 Å². The number of aliphatic hydroxyl groups excluding tert-OH is 1. The van der Waals surface area contributed by atoms with Gasteiger partial charge < -0.3 is 16.2 Å². The number of aromatic nitrogens is 1. The van der Waals surface area contributed by atoms with Crippen LogP contribution in [0.4, 0.5) is 11.4 Å². The number of pyridine rings is 1. The fourth-order valence-corrected chi connectivity index (χ4v) is 1.93. The van der Waals surface area contributed by atoms with Crippen LogP contribution in [-0.4, -0.2) is 22.7 Å². The molecule has 0 aliphatic carbocycles. The van der Waals surface area contributed by atoms with Crippen molar-refractivity contribution in [2.75, 3.05) is 17.7 Å². The summed E-state index contributed by atoms with van der Waals surface area (Å²) in [5.74, 6) is 0.339. The fraction of sp³-hybridized carbons (Fsp3) is 0.357.